The van der Waals surface area contributed by atoms with Gasteiger partial charge in [0.05, 0.1) is 21.9 Å². The number of nitrogen functional groups attached to an aromatic ring is 1. The van der Waals surface area contributed by atoms with E-state index in [1.807, 2.05) is 0 Å². The van der Waals surface area contributed by atoms with Crippen LogP contribution in [0.5, 0.6) is 0 Å². The molecule has 3 N–H and O–H groups in total. The number of carbonyl (C=O) groups is 1. The normalized spacial score (nSPS) is 10.3. The first kappa shape index (κ1) is 11.1. The lowest BCUT2D eigenvalue weighted by molar-refractivity contribution is -0.116. The lowest BCUT2D eigenvalue weighted by atomic mass is 10.5. The number of rotatable bonds is 3. The summed E-state index contributed by atoms with van der Waals surface area (Å²) in [6.45, 7) is 0.119. The van der Waals surface area contributed by atoms with Crippen molar-refractivity contribution in [3.63, 3.8) is 0 Å². The standard InChI is InChI=1S/C8H8BrN5OS/c9-6-2-11-8(16-6)13-7(15)4-14-3-5(10)1-12-14/h1-3H,4,10H2,(H,11,13,15). The number of hydrogen-bond donors (Lipinski definition) is 2. The maximum atomic E-state index is 11.5. The molecule has 0 aromatic carbocycles. The molecule has 2 aromatic heterocycles. The third kappa shape index (κ3) is 2.80. The Morgan fingerprint density at radius 1 is 1.62 bits per heavy atom. The average molecular weight is 302 g/mol. The number of aromatic nitrogens is 3. The molecule has 0 aliphatic rings. The molecule has 1 amide bonds. The van der Waals surface area contributed by atoms with Crippen LogP contribution in [0.1, 0.15) is 0 Å². The summed E-state index contributed by atoms with van der Waals surface area (Å²) in [7, 11) is 0. The molecular formula is C8H8BrN5OS. The molecule has 0 spiro atoms. The van der Waals surface area contributed by atoms with Crippen molar-refractivity contribution in [2.24, 2.45) is 0 Å². The second kappa shape index (κ2) is 4.62. The van der Waals surface area contributed by atoms with Crippen LogP contribution in [-0.4, -0.2) is 20.7 Å². The van der Waals surface area contributed by atoms with Crippen LogP contribution < -0.4 is 11.1 Å². The minimum atomic E-state index is -0.190. The maximum Gasteiger partial charge on any atom is 0.247 e. The Labute approximate surface area is 104 Å². The van der Waals surface area contributed by atoms with Crippen LogP contribution in [-0.2, 0) is 11.3 Å². The topological polar surface area (TPSA) is 85.8 Å². The van der Waals surface area contributed by atoms with E-state index < -0.39 is 0 Å². The highest BCUT2D eigenvalue weighted by Crippen LogP contribution is 2.22. The summed E-state index contributed by atoms with van der Waals surface area (Å²) in [5.74, 6) is -0.190. The summed E-state index contributed by atoms with van der Waals surface area (Å²) in [5.41, 5.74) is 6.01. The molecule has 0 radical (unpaired) electrons. The first-order chi connectivity index (χ1) is 7.63. The Morgan fingerprint density at radius 3 is 3.00 bits per heavy atom. The van der Waals surface area contributed by atoms with E-state index in [9.17, 15) is 4.79 Å². The summed E-state index contributed by atoms with van der Waals surface area (Å²) in [4.78, 5) is 15.5. The third-order valence-corrected chi connectivity index (χ3v) is 3.07. The van der Waals surface area contributed by atoms with E-state index in [1.54, 1.807) is 12.4 Å². The Balaban J connectivity index is 1.94. The first-order valence-corrected chi connectivity index (χ1v) is 5.93. The van der Waals surface area contributed by atoms with Crippen LogP contribution in [0, 0.1) is 0 Å². The molecule has 0 fully saturated rings. The van der Waals surface area contributed by atoms with Gasteiger partial charge in [-0.15, -0.1) is 0 Å². The quantitative estimate of drug-likeness (QED) is 0.895. The van der Waals surface area contributed by atoms with Crippen molar-refractivity contribution in [3.8, 4) is 0 Å². The maximum absolute atomic E-state index is 11.5. The minimum Gasteiger partial charge on any atom is -0.396 e. The fourth-order valence-corrected chi connectivity index (χ4v) is 2.21. The van der Waals surface area contributed by atoms with Gasteiger partial charge in [0.2, 0.25) is 5.91 Å². The van der Waals surface area contributed by atoms with Gasteiger partial charge in [-0.2, -0.15) is 5.10 Å². The van der Waals surface area contributed by atoms with Crippen molar-refractivity contribution in [1.29, 1.82) is 0 Å². The smallest absolute Gasteiger partial charge is 0.247 e. The van der Waals surface area contributed by atoms with Crippen LogP contribution in [0.3, 0.4) is 0 Å². The zero-order valence-electron chi connectivity index (χ0n) is 8.05. The van der Waals surface area contributed by atoms with Gasteiger partial charge in [0, 0.05) is 6.20 Å². The van der Waals surface area contributed by atoms with Crippen LogP contribution in [0.15, 0.2) is 22.4 Å². The molecule has 16 heavy (non-hydrogen) atoms. The summed E-state index contributed by atoms with van der Waals surface area (Å²) in [6.07, 6.45) is 4.72. The van der Waals surface area contributed by atoms with E-state index in [1.165, 1.54) is 22.2 Å². The highest BCUT2D eigenvalue weighted by Gasteiger charge is 2.07. The Morgan fingerprint density at radius 2 is 2.44 bits per heavy atom. The molecule has 0 atom stereocenters. The number of amides is 1. The minimum absolute atomic E-state index is 0.119. The lowest BCUT2D eigenvalue weighted by Gasteiger charge is -2.00. The van der Waals surface area contributed by atoms with Crippen molar-refractivity contribution in [2.75, 3.05) is 11.1 Å². The van der Waals surface area contributed by atoms with Gasteiger partial charge in [0.25, 0.3) is 0 Å². The average Bonchev–Trinajstić information content (AvgIpc) is 2.76. The van der Waals surface area contributed by atoms with Crippen molar-refractivity contribution < 1.29 is 4.79 Å². The molecule has 0 bridgehead atoms. The predicted octanol–water partition coefficient (Wildman–Crippen LogP) is 1.32. The monoisotopic (exact) mass is 301 g/mol. The molecule has 2 aromatic rings. The number of hydrogen-bond acceptors (Lipinski definition) is 5. The molecule has 0 unspecified atom stereocenters. The lowest BCUT2D eigenvalue weighted by Crippen LogP contribution is -2.18. The van der Waals surface area contributed by atoms with Crippen LogP contribution in [0.4, 0.5) is 10.8 Å². The molecule has 8 heteroatoms. The van der Waals surface area contributed by atoms with Gasteiger partial charge >= 0.3 is 0 Å². The summed E-state index contributed by atoms with van der Waals surface area (Å²) in [5, 5.41) is 7.12. The van der Waals surface area contributed by atoms with Gasteiger partial charge in [-0.1, -0.05) is 11.3 Å². The number of anilines is 2. The number of nitrogens with one attached hydrogen (secondary N) is 1. The molecule has 6 nitrogen and oxygen atoms in total. The zero-order valence-corrected chi connectivity index (χ0v) is 10.5. The number of nitrogens with two attached hydrogens (primary N) is 1. The van der Waals surface area contributed by atoms with E-state index in [-0.39, 0.29) is 12.5 Å². The zero-order chi connectivity index (χ0) is 11.5. The molecular weight excluding hydrogens is 294 g/mol. The summed E-state index contributed by atoms with van der Waals surface area (Å²) < 4.78 is 2.33. The second-order valence-electron chi connectivity index (χ2n) is 2.99. The third-order valence-electron chi connectivity index (χ3n) is 1.68. The van der Waals surface area contributed by atoms with Gasteiger partial charge in [0.15, 0.2) is 5.13 Å². The summed E-state index contributed by atoms with van der Waals surface area (Å²) in [6, 6.07) is 0. The number of carbonyl (C=O) groups excluding carboxylic acids is 1. The van der Waals surface area contributed by atoms with E-state index in [2.05, 4.69) is 31.3 Å². The Bertz CT molecular complexity index is 464. The van der Waals surface area contributed by atoms with E-state index in [0.29, 0.717) is 10.8 Å². The number of nitrogens with zero attached hydrogens (tertiary/aromatic N) is 3. The van der Waals surface area contributed by atoms with Crippen LogP contribution in [0.25, 0.3) is 0 Å². The molecule has 2 rings (SSSR count). The molecule has 84 valence electrons. The largest absolute Gasteiger partial charge is 0.396 e. The SMILES string of the molecule is Nc1cnn(CC(=O)Nc2ncc(Br)s2)c1. The van der Waals surface area contributed by atoms with Crippen molar-refractivity contribution in [2.45, 2.75) is 6.54 Å². The number of thiazole rings is 1. The fourth-order valence-electron chi connectivity index (χ4n) is 1.08. The van der Waals surface area contributed by atoms with E-state index in [4.69, 9.17) is 5.73 Å². The molecule has 0 aliphatic heterocycles. The van der Waals surface area contributed by atoms with Crippen LogP contribution in [0.2, 0.25) is 0 Å². The predicted molar refractivity (Wildman–Crippen MR) is 65.1 cm³/mol. The van der Waals surface area contributed by atoms with E-state index in [0.717, 1.165) is 3.79 Å². The fraction of sp³-hybridized carbons (Fsp3) is 0.125. The molecule has 2 heterocycles. The van der Waals surface area contributed by atoms with Gasteiger partial charge in [-0.3, -0.25) is 9.48 Å². The Kier molecular flexibility index (Phi) is 3.20. The van der Waals surface area contributed by atoms with Crippen molar-refractivity contribution in [1.82, 2.24) is 14.8 Å². The van der Waals surface area contributed by atoms with Gasteiger partial charge in [-0.25, -0.2) is 4.98 Å². The van der Waals surface area contributed by atoms with Gasteiger partial charge in [-0.05, 0) is 15.9 Å². The highest BCUT2D eigenvalue weighted by atomic mass is 79.9. The molecule has 0 saturated carbocycles. The van der Waals surface area contributed by atoms with Gasteiger partial charge in [0.1, 0.15) is 6.54 Å². The second-order valence-corrected chi connectivity index (χ2v) is 5.40. The Hall–Kier alpha value is -1.41. The summed E-state index contributed by atoms with van der Waals surface area (Å²) >= 11 is 4.61. The highest BCUT2D eigenvalue weighted by molar-refractivity contribution is 9.11. The van der Waals surface area contributed by atoms with Crippen molar-refractivity contribution in [3.05, 3.63) is 22.4 Å². The van der Waals surface area contributed by atoms with E-state index >= 15 is 0 Å². The molecule has 0 saturated heterocycles. The van der Waals surface area contributed by atoms with Gasteiger partial charge < -0.3 is 11.1 Å². The number of halogens is 1. The first-order valence-electron chi connectivity index (χ1n) is 4.32. The van der Waals surface area contributed by atoms with Crippen LogP contribution >= 0.6 is 27.3 Å². The van der Waals surface area contributed by atoms with Crippen molar-refractivity contribution >= 4 is 44.0 Å². The molecule has 0 aliphatic carbocycles.